The minimum atomic E-state index is -0.105. The number of morpholine rings is 1. The van der Waals surface area contributed by atoms with Crippen molar-refractivity contribution in [3.05, 3.63) is 60.2 Å². The van der Waals surface area contributed by atoms with Crippen LogP contribution in [0.25, 0.3) is 22.2 Å². The molecule has 1 aliphatic heterocycles. The second kappa shape index (κ2) is 8.91. The van der Waals surface area contributed by atoms with Crippen LogP contribution in [-0.2, 0) is 4.74 Å². The van der Waals surface area contributed by atoms with E-state index in [0.717, 1.165) is 55.7 Å². The SMILES string of the molecule is O=C(NCCCN1CCOCC1)c1c(-c2ccccc2)nnc2ccccc12. The molecule has 144 valence electrons. The fourth-order valence-electron chi connectivity index (χ4n) is 3.50. The predicted octanol–water partition coefficient (Wildman–Crippen LogP) is 2.75. The zero-order chi connectivity index (χ0) is 19.2. The molecular formula is C22H24N4O2. The molecule has 1 aromatic heterocycles. The molecule has 2 aromatic carbocycles. The first-order valence-electron chi connectivity index (χ1n) is 9.72. The Labute approximate surface area is 164 Å². The Morgan fingerprint density at radius 3 is 2.57 bits per heavy atom. The quantitative estimate of drug-likeness (QED) is 0.670. The summed E-state index contributed by atoms with van der Waals surface area (Å²) in [4.78, 5) is 15.5. The molecule has 0 aliphatic carbocycles. The first kappa shape index (κ1) is 18.5. The zero-order valence-electron chi connectivity index (χ0n) is 15.8. The highest BCUT2D eigenvalue weighted by Gasteiger charge is 2.19. The van der Waals surface area contributed by atoms with E-state index in [0.29, 0.717) is 17.8 Å². The van der Waals surface area contributed by atoms with Crippen molar-refractivity contribution >= 4 is 16.8 Å². The van der Waals surface area contributed by atoms with E-state index in [1.807, 2.05) is 54.6 Å². The van der Waals surface area contributed by atoms with Crippen molar-refractivity contribution in [1.29, 1.82) is 0 Å². The second-order valence-electron chi connectivity index (χ2n) is 6.87. The van der Waals surface area contributed by atoms with E-state index < -0.39 is 0 Å². The van der Waals surface area contributed by atoms with Crippen molar-refractivity contribution < 1.29 is 9.53 Å². The third kappa shape index (κ3) is 4.18. The highest BCUT2D eigenvalue weighted by atomic mass is 16.5. The Hall–Kier alpha value is -2.83. The molecule has 1 N–H and O–H groups in total. The average molecular weight is 376 g/mol. The van der Waals surface area contributed by atoms with Crippen LogP contribution in [0.3, 0.4) is 0 Å². The number of hydrogen-bond donors (Lipinski definition) is 1. The van der Waals surface area contributed by atoms with Gasteiger partial charge in [0.1, 0.15) is 5.69 Å². The minimum Gasteiger partial charge on any atom is -0.379 e. The van der Waals surface area contributed by atoms with Gasteiger partial charge in [0.25, 0.3) is 5.91 Å². The van der Waals surface area contributed by atoms with E-state index in [2.05, 4.69) is 20.4 Å². The lowest BCUT2D eigenvalue weighted by Gasteiger charge is -2.26. The van der Waals surface area contributed by atoms with E-state index in [-0.39, 0.29) is 5.91 Å². The molecular weight excluding hydrogens is 352 g/mol. The first-order chi connectivity index (χ1) is 13.8. The number of rotatable bonds is 6. The number of carbonyl (C=O) groups is 1. The molecule has 0 unspecified atom stereocenters. The third-order valence-electron chi connectivity index (χ3n) is 4.98. The maximum Gasteiger partial charge on any atom is 0.254 e. The van der Waals surface area contributed by atoms with Crippen molar-refractivity contribution in [1.82, 2.24) is 20.4 Å². The van der Waals surface area contributed by atoms with Crippen LogP contribution in [0, 0.1) is 0 Å². The van der Waals surface area contributed by atoms with Crippen LogP contribution < -0.4 is 5.32 Å². The number of hydrogen-bond acceptors (Lipinski definition) is 5. The molecule has 4 rings (SSSR count). The van der Waals surface area contributed by atoms with E-state index in [9.17, 15) is 4.79 Å². The summed E-state index contributed by atoms with van der Waals surface area (Å²) >= 11 is 0. The summed E-state index contributed by atoms with van der Waals surface area (Å²) in [5, 5.41) is 12.6. The monoisotopic (exact) mass is 376 g/mol. The molecule has 2 heterocycles. The fraction of sp³-hybridized carbons (Fsp3) is 0.318. The van der Waals surface area contributed by atoms with E-state index in [4.69, 9.17) is 4.74 Å². The number of aromatic nitrogens is 2. The summed E-state index contributed by atoms with van der Waals surface area (Å²) in [6.45, 7) is 5.10. The van der Waals surface area contributed by atoms with Gasteiger partial charge in [0.15, 0.2) is 0 Å². The molecule has 3 aromatic rings. The maximum absolute atomic E-state index is 13.1. The van der Waals surface area contributed by atoms with Crippen molar-refractivity contribution in [3.63, 3.8) is 0 Å². The van der Waals surface area contributed by atoms with Crippen molar-refractivity contribution in [2.75, 3.05) is 39.4 Å². The van der Waals surface area contributed by atoms with Crippen LogP contribution in [0.5, 0.6) is 0 Å². The molecule has 6 nitrogen and oxygen atoms in total. The summed E-state index contributed by atoms with van der Waals surface area (Å²) in [7, 11) is 0. The summed E-state index contributed by atoms with van der Waals surface area (Å²) < 4.78 is 5.37. The average Bonchev–Trinajstić information content (AvgIpc) is 2.77. The number of ether oxygens (including phenoxy) is 1. The number of fused-ring (bicyclic) bond motifs is 1. The number of nitrogens with zero attached hydrogens (tertiary/aromatic N) is 3. The summed E-state index contributed by atoms with van der Waals surface area (Å²) in [5.41, 5.74) is 2.81. The van der Waals surface area contributed by atoms with Gasteiger partial charge in [0.2, 0.25) is 0 Å². The molecule has 1 fully saturated rings. The summed E-state index contributed by atoms with van der Waals surface area (Å²) in [6, 6.07) is 17.4. The van der Waals surface area contributed by atoms with Gasteiger partial charge in [0, 0.05) is 30.6 Å². The number of amides is 1. The van der Waals surface area contributed by atoms with E-state index in [1.54, 1.807) is 0 Å². The molecule has 0 bridgehead atoms. The third-order valence-corrected chi connectivity index (χ3v) is 4.98. The predicted molar refractivity (Wildman–Crippen MR) is 109 cm³/mol. The largest absolute Gasteiger partial charge is 0.379 e. The Kier molecular flexibility index (Phi) is 5.89. The Morgan fingerprint density at radius 2 is 1.75 bits per heavy atom. The first-order valence-corrected chi connectivity index (χ1v) is 9.72. The Morgan fingerprint density at radius 1 is 1.00 bits per heavy atom. The normalized spacial score (nSPS) is 14.9. The molecule has 1 saturated heterocycles. The Balaban J connectivity index is 1.53. The van der Waals surface area contributed by atoms with Gasteiger partial charge in [-0.25, -0.2) is 0 Å². The van der Waals surface area contributed by atoms with Crippen LogP contribution in [-0.4, -0.2) is 60.4 Å². The number of carbonyl (C=O) groups excluding carboxylic acids is 1. The molecule has 0 saturated carbocycles. The number of nitrogens with one attached hydrogen (secondary N) is 1. The minimum absolute atomic E-state index is 0.105. The Bertz CT molecular complexity index is 940. The summed E-state index contributed by atoms with van der Waals surface area (Å²) in [5.74, 6) is -0.105. The smallest absolute Gasteiger partial charge is 0.254 e. The van der Waals surface area contributed by atoms with Crippen LogP contribution in [0.2, 0.25) is 0 Å². The van der Waals surface area contributed by atoms with Crippen LogP contribution in [0.15, 0.2) is 54.6 Å². The second-order valence-corrected chi connectivity index (χ2v) is 6.87. The van der Waals surface area contributed by atoms with Gasteiger partial charge in [-0.3, -0.25) is 9.69 Å². The van der Waals surface area contributed by atoms with Gasteiger partial charge in [-0.15, -0.1) is 10.2 Å². The number of benzene rings is 2. The van der Waals surface area contributed by atoms with Crippen molar-refractivity contribution in [3.8, 4) is 11.3 Å². The summed E-state index contributed by atoms with van der Waals surface area (Å²) in [6.07, 6.45) is 0.906. The molecule has 28 heavy (non-hydrogen) atoms. The van der Waals surface area contributed by atoms with Crippen LogP contribution in [0.4, 0.5) is 0 Å². The van der Waals surface area contributed by atoms with E-state index in [1.165, 1.54) is 0 Å². The standard InChI is InChI=1S/C22H24N4O2/c27-22(23-11-6-12-26-13-15-28-16-14-26)20-18-9-4-5-10-19(18)24-25-21(20)17-7-2-1-3-8-17/h1-5,7-10H,6,11-16H2,(H,23,27). The molecule has 0 atom stereocenters. The van der Waals surface area contributed by atoms with Crippen molar-refractivity contribution in [2.24, 2.45) is 0 Å². The van der Waals surface area contributed by atoms with E-state index >= 15 is 0 Å². The lowest BCUT2D eigenvalue weighted by molar-refractivity contribution is 0.0374. The topological polar surface area (TPSA) is 67.4 Å². The highest BCUT2D eigenvalue weighted by molar-refractivity contribution is 6.10. The van der Waals surface area contributed by atoms with Gasteiger partial charge in [-0.1, -0.05) is 48.5 Å². The molecule has 1 amide bonds. The lowest BCUT2D eigenvalue weighted by atomic mass is 10.0. The highest BCUT2D eigenvalue weighted by Crippen LogP contribution is 2.26. The molecule has 0 spiro atoms. The van der Waals surface area contributed by atoms with Gasteiger partial charge in [-0.05, 0) is 19.0 Å². The maximum atomic E-state index is 13.1. The zero-order valence-corrected chi connectivity index (χ0v) is 15.8. The fourth-order valence-corrected chi connectivity index (χ4v) is 3.50. The van der Waals surface area contributed by atoms with Gasteiger partial charge < -0.3 is 10.1 Å². The van der Waals surface area contributed by atoms with Gasteiger partial charge in [-0.2, -0.15) is 0 Å². The van der Waals surface area contributed by atoms with Crippen LogP contribution in [0.1, 0.15) is 16.8 Å². The van der Waals surface area contributed by atoms with Crippen LogP contribution >= 0.6 is 0 Å². The molecule has 6 heteroatoms. The lowest BCUT2D eigenvalue weighted by Crippen LogP contribution is -2.38. The molecule has 0 radical (unpaired) electrons. The van der Waals surface area contributed by atoms with Crippen molar-refractivity contribution in [2.45, 2.75) is 6.42 Å². The molecule has 1 aliphatic rings. The van der Waals surface area contributed by atoms with Gasteiger partial charge >= 0.3 is 0 Å². The van der Waals surface area contributed by atoms with Gasteiger partial charge in [0.05, 0.1) is 24.3 Å².